The Morgan fingerprint density at radius 2 is 1.57 bits per heavy atom. The number of piperidine rings is 1. The number of nitrogens with one attached hydrogen (secondary N) is 2. The van der Waals surface area contributed by atoms with Crippen LogP contribution in [-0.2, 0) is 40.1 Å². The minimum Gasteiger partial charge on any atom is -0.350 e. The van der Waals surface area contributed by atoms with Gasteiger partial charge in [-0.15, -0.1) is 0 Å². The van der Waals surface area contributed by atoms with Gasteiger partial charge >= 0.3 is 6.03 Å². The molecular weight excluding hydrogens is 464 g/mol. The second-order valence-electron chi connectivity index (χ2n) is 9.48. The third kappa shape index (κ3) is 6.61. The summed E-state index contributed by atoms with van der Waals surface area (Å²) in [6.45, 7) is 4.48. The van der Waals surface area contributed by atoms with Crippen LogP contribution in [0.15, 0.2) is 48.5 Å². The zero-order chi connectivity index (χ0) is 24.8. The molecule has 0 saturated carbocycles. The van der Waals surface area contributed by atoms with Crippen LogP contribution in [-0.4, -0.2) is 55.7 Å². The molecule has 8 nitrogen and oxygen atoms in total. The second-order valence-corrected chi connectivity index (χ2v) is 11.5. The van der Waals surface area contributed by atoms with Crippen molar-refractivity contribution in [3.8, 4) is 0 Å². The molecule has 2 heterocycles. The average molecular weight is 499 g/mol. The van der Waals surface area contributed by atoms with Crippen molar-refractivity contribution in [3.63, 3.8) is 0 Å². The van der Waals surface area contributed by atoms with Crippen molar-refractivity contribution in [2.75, 3.05) is 26.2 Å². The Bertz CT molecular complexity index is 1160. The number of sulfonamides is 1. The van der Waals surface area contributed by atoms with Gasteiger partial charge in [0, 0.05) is 32.7 Å². The summed E-state index contributed by atoms with van der Waals surface area (Å²) < 4.78 is 27.5. The van der Waals surface area contributed by atoms with Crippen molar-refractivity contribution in [1.29, 1.82) is 0 Å². The van der Waals surface area contributed by atoms with Crippen LogP contribution in [0.1, 0.15) is 42.0 Å². The van der Waals surface area contributed by atoms with Crippen LogP contribution in [0.2, 0.25) is 0 Å². The van der Waals surface area contributed by atoms with Gasteiger partial charge in [-0.2, -0.15) is 0 Å². The van der Waals surface area contributed by atoms with Gasteiger partial charge in [-0.25, -0.2) is 17.5 Å². The standard InChI is InChI=1S/C26H34N4O4S/c1-20-10-14-30(15-11-20)35(33,34)19-24-9-5-3-7-22(24)16-27-25(31)17-28-26(32)29-13-12-21-6-2-4-8-23(21)18-29/h2-9,20H,10-19H2,1H3,(H,27,31)(H,28,32). The third-order valence-corrected chi connectivity index (χ3v) is 8.71. The Labute approximate surface area is 207 Å². The minimum atomic E-state index is -3.42. The highest BCUT2D eigenvalue weighted by Crippen LogP contribution is 2.22. The first-order valence-corrected chi connectivity index (χ1v) is 13.8. The maximum atomic E-state index is 12.9. The average Bonchev–Trinajstić information content (AvgIpc) is 2.86. The molecule has 4 rings (SSSR count). The predicted molar refractivity (Wildman–Crippen MR) is 135 cm³/mol. The Morgan fingerprint density at radius 1 is 0.914 bits per heavy atom. The summed E-state index contributed by atoms with van der Waals surface area (Å²) in [6, 6.07) is 15.1. The highest BCUT2D eigenvalue weighted by Gasteiger charge is 2.27. The van der Waals surface area contributed by atoms with E-state index in [1.54, 1.807) is 15.3 Å². The van der Waals surface area contributed by atoms with E-state index in [4.69, 9.17) is 0 Å². The molecule has 3 amide bonds. The summed E-state index contributed by atoms with van der Waals surface area (Å²) in [7, 11) is -3.42. The maximum Gasteiger partial charge on any atom is 0.318 e. The van der Waals surface area contributed by atoms with E-state index in [9.17, 15) is 18.0 Å². The largest absolute Gasteiger partial charge is 0.350 e. The lowest BCUT2D eigenvalue weighted by Crippen LogP contribution is -2.46. The van der Waals surface area contributed by atoms with Crippen LogP contribution in [0, 0.1) is 5.92 Å². The summed E-state index contributed by atoms with van der Waals surface area (Å²) >= 11 is 0. The molecule has 188 valence electrons. The molecule has 2 N–H and O–H groups in total. The third-order valence-electron chi connectivity index (χ3n) is 6.89. The Balaban J connectivity index is 1.27. The highest BCUT2D eigenvalue weighted by molar-refractivity contribution is 7.88. The Hall–Kier alpha value is -2.91. The summed E-state index contributed by atoms with van der Waals surface area (Å²) in [5.41, 5.74) is 3.82. The van der Waals surface area contributed by atoms with Crippen molar-refractivity contribution in [3.05, 3.63) is 70.8 Å². The molecule has 2 aliphatic heterocycles. The fourth-order valence-corrected chi connectivity index (χ4v) is 6.24. The lowest BCUT2D eigenvalue weighted by molar-refractivity contribution is -0.120. The number of benzene rings is 2. The van der Waals surface area contributed by atoms with Crippen molar-refractivity contribution in [2.45, 2.75) is 45.0 Å². The SMILES string of the molecule is CC1CCN(S(=O)(=O)Cc2ccccc2CNC(=O)CNC(=O)N2CCc3ccccc3C2)CC1. The number of hydrogen-bond donors (Lipinski definition) is 2. The van der Waals surface area contributed by atoms with Crippen LogP contribution in [0.5, 0.6) is 0 Å². The molecule has 2 aromatic carbocycles. The van der Waals surface area contributed by atoms with E-state index in [2.05, 4.69) is 23.6 Å². The predicted octanol–water partition coefficient (Wildman–Crippen LogP) is 2.63. The van der Waals surface area contributed by atoms with E-state index in [1.807, 2.05) is 36.4 Å². The van der Waals surface area contributed by atoms with E-state index in [0.29, 0.717) is 37.7 Å². The second kappa shape index (κ2) is 11.2. The number of hydrogen-bond acceptors (Lipinski definition) is 4. The number of amides is 3. The number of carbonyl (C=O) groups is 2. The van der Waals surface area contributed by atoms with Gasteiger partial charge in [-0.1, -0.05) is 55.5 Å². The quantitative estimate of drug-likeness (QED) is 0.613. The Morgan fingerprint density at radius 3 is 2.31 bits per heavy atom. The van der Waals surface area contributed by atoms with Crippen molar-refractivity contribution in [1.82, 2.24) is 19.8 Å². The molecule has 0 spiro atoms. The molecule has 2 aromatic rings. The topological polar surface area (TPSA) is 98.8 Å². The van der Waals surface area contributed by atoms with Crippen LogP contribution < -0.4 is 10.6 Å². The molecule has 1 saturated heterocycles. The Kier molecular flexibility index (Phi) is 8.07. The van der Waals surface area contributed by atoms with E-state index in [-0.39, 0.29) is 30.8 Å². The van der Waals surface area contributed by atoms with Crippen molar-refractivity contribution >= 4 is 22.0 Å². The van der Waals surface area contributed by atoms with Gasteiger partial charge < -0.3 is 15.5 Å². The molecule has 9 heteroatoms. The minimum absolute atomic E-state index is 0.0827. The lowest BCUT2D eigenvalue weighted by atomic mass is 10.0. The van der Waals surface area contributed by atoms with Crippen molar-refractivity contribution in [2.24, 2.45) is 5.92 Å². The molecule has 0 atom stereocenters. The van der Waals surface area contributed by atoms with Gasteiger partial charge in [0.2, 0.25) is 15.9 Å². The summed E-state index contributed by atoms with van der Waals surface area (Å²) in [6.07, 6.45) is 2.56. The van der Waals surface area contributed by atoms with E-state index >= 15 is 0 Å². The highest BCUT2D eigenvalue weighted by atomic mass is 32.2. The molecule has 35 heavy (non-hydrogen) atoms. The molecular formula is C26H34N4O4S. The summed E-state index contributed by atoms with van der Waals surface area (Å²) in [4.78, 5) is 26.6. The first-order valence-electron chi connectivity index (χ1n) is 12.2. The van der Waals surface area contributed by atoms with Gasteiger partial charge in [0.25, 0.3) is 0 Å². The molecule has 2 aliphatic rings. The smallest absolute Gasteiger partial charge is 0.318 e. The summed E-state index contributed by atoms with van der Waals surface area (Å²) in [5, 5.41) is 5.49. The molecule has 0 aliphatic carbocycles. The number of fused-ring (bicyclic) bond motifs is 1. The summed E-state index contributed by atoms with van der Waals surface area (Å²) in [5.74, 6) is 0.147. The van der Waals surface area contributed by atoms with Crippen LogP contribution in [0.25, 0.3) is 0 Å². The fourth-order valence-electron chi connectivity index (χ4n) is 4.61. The van der Waals surface area contributed by atoms with E-state index in [1.165, 1.54) is 5.56 Å². The van der Waals surface area contributed by atoms with Gasteiger partial charge in [0.05, 0.1) is 12.3 Å². The maximum absolute atomic E-state index is 12.9. The van der Waals surface area contributed by atoms with Gasteiger partial charge in [-0.3, -0.25) is 4.79 Å². The molecule has 0 bridgehead atoms. The lowest BCUT2D eigenvalue weighted by Gasteiger charge is -2.29. The van der Waals surface area contributed by atoms with Crippen LogP contribution in [0.4, 0.5) is 4.79 Å². The van der Waals surface area contributed by atoms with E-state index < -0.39 is 10.0 Å². The van der Waals surface area contributed by atoms with Crippen LogP contribution >= 0.6 is 0 Å². The monoisotopic (exact) mass is 498 g/mol. The van der Waals surface area contributed by atoms with Gasteiger partial charge in [0.1, 0.15) is 0 Å². The normalized spacial score (nSPS) is 17.0. The van der Waals surface area contributed by atoms with E-state index in [0.717, 1.165) is 30.4 Å². The van der Waals surface area contributed by atoms with Crippen LogP contribution in [0.3, 0.4) is 0 Å². The number of carbonyl (C=O) groups excluding carboxylic acids is 2. The first-order chi connectivity index (χ1) is 16.8. The fraction of sp³-hybridized carbons (Fsp3) is 0.462. The number of urea groups is 1. The molecule has 1 fully saturated rings. The zero-order valence-corrected chi connectivity index (χ0v) is 21.0. The first kappa shape index (κ1) is 25.2. The number of rotatable bonds is 7. The molecule has 0 aromatic heterocycles. The molecule has 0 unspecified atom stereocenters. The zero-order valence-electron chi connectivity index (χ0n) is 20.2. The van der Waals surface area contributed by atoms with Gasteiger partial charge in [0.15, 0.2) is 0 Å². The number of nitrogens with zero attached hydrogens (tertiary/aromatic N) is 2. The van der Waals surface area contributed by atoms with Crippen molar-refractivity contribution < 1.29 is 18.0 Å². The van der Waals surface area contributed by atoms with Gasteiger partial charge in [-0.05, 0) is 47.4 Å². The molecule has 0 radical (unpaired) electrons.